The van der Waals surface area contributed by atoms with Crippen molar-refractivity contribution in [2.75, 3.05) is 14.2 Å². The van der Waals surface area contributed by atoms with Gasteiger partial charge in [0.25, 0.3) is 0 Å². The molecule has 8 nitrogen and oxygen atoms in total. The van der Waals surface area contributed by atoms with Crippen LogP contribution in [0, 0.1) is 0 Å². The molecule has 5 rings (SSSR count). The van der Waals surface area contributed by atoms with Gasteiger partial charge in [-0.05, 0) is 28.3 Å². The molecule has 1 amide bonds. The summed E-state index contributed by atoms with van der Waals surface area (Å²) in [6.07, 6.45) is 2.93. The Morgan fingerprint density at radius 1 is 0.938 bits per heavy atom. The fourth-order valence-electron chi connectivity index (χ4n) is 5.09. The minimum Gasteiger partial charge on any atom is -0.466 e. The van der Waals surface area contributed by atoms with Gasteiger partial charge in [0, 0.05) is 0 Å². The molecule has 3 aliphatic rings. The second kappa shape index (κ2) is 6.91. The number of ether oxygens (including phenoxy) is 2. The number of amides is 1. The first-order valence-electron chi connectivity index (χ1n) is 9.92. The van der Waals surface area contributed by atoms with E-state index in [-0.39, 0.29) is 16.8 Å². The van der Waals surface area contributed by atoms with E-state index in [2.05, 4.69) is 5.10 Å². The second-order valence-electron chi connectivity index (χ2n) is 7.63. The van der Waals surface area contributed by atoms with Crippen LogP contribution in [0.4, 0.5) is 0 Å². The summed E-state index contributed by atoms with van der Waals surface area (Å²) in [4.78, 5) is 38.3. The third kappa shape index (κ3) is 2.31. The van der Waals surface area contributed by atoms with E-state index < -0.39 is 29.3 Å². The molecule has 1 atom stereocenters. The fraction of sp³-hybridized carbons (Fsp3) is 0.167. The van der Waals surface area contributed by atoms with Crippen LogP contribution < -0.4 is 5.73 Å². The van der Waals surface area contributed by atoms with Gasteiger partial charge in [0.1, 0.15) is 0 Å². The summed E-state index contributed by atoms with van der Waals surface area (Å²) in [5.74, 6) is -2.08. The molecule has 0 bridgehead atoms. The van der Waals surface area contributed by atoms with Crippen LogP contribution in [0.5, 0.6) is 0 Å². The minimum absolute atomic E-state index is 0.0353. The first-order chi connectivity index (χ1) is 15.5. The highest BCUT2D eigenvalue weighted by atomic mass is 16.5. The number of fused-ring (bicyclic) bond motifs is 7. The number of methoxy groups -OCH3 is 2. The van der Waals surface area contributed by atoms with E-state index in [9.17, 15) is 14.4 Å². The van der Waals surface area contributed by atoms with Gasteiger partial charge >= 0.3 is 11.9 Å². The van der Waals surface area contributed by atoms with E-state index >= 15 is 0 Å². The van der Waals surface area contributed by atoms with Gasteiger partial charge in [0.05, 0.1) is 43.0 Å². The standard InChI is InChI=1S/C24H19N3O5/c1-31-22(29)19-20(23(30)32-2)27-18(11-13(12-26-27)21(25)28)24(19)16-9-5-3-7-14(16)15-8-4-6-10-17(15)24/h3-12,18H,1-2H3,(H2,25,28). The van der Waals surface area contributed by atoms with Gasteiger partial charge in [0.2, 0.25) is 5.91 Å². The molecule has 1 aliphatic carbocycles. The van der Waals surface area contributed by atoms with Gasteiger partial charge < -0.3 is 15.2 Å². The summed E-state index contributed by atoms with van der Waals surface area (Å²) in [7, 11) is 2.50. The number of hydrogen-bond donors (Lipinski definition) is 1. The average Bonchev–Trinajstić information content (AvgIpc) is 3.29. The molecule has 0 aromatic heterocycles. The number of rotatable bonds is 3. The van der Waals surface area contributed by atoms with Crippen molar-refractivity contribution >= 4 is 24.1 Å². The van der Waals surface area contributed by atoms with Crippen molar-refractivity contribution in [3.63, 3.8) is 0 Å². The maximum absolute atomic E-state index is 13.3. The van der Waals surface area contributed by atoms with Crippen molar-refractivity contribution in [2.24, 2.45) is 10.8 Å². The van der Waals surface area contributed by atoms with Crippen LogP contribution in [-0.4, -0.2) is 49.3 Å². The van der Waals surface area contributed by atoms with Gasteiger partial charge in [-0.15, -0.1) is 0 Å². The van der Waals surface area contributed by atoms with E-state index in [1.807, 2.05) is 48.5 Å². The predicted molar refractivity (Wildman–Crippen MR) is 115 cm³/mol. The first kappa shape index (κ1) is 19.7. The molecule has 0 saturated carbocycles. The molecule has 2 heterocycles. The highest BCUT2D eigenvalue weighted by Gasteiger charge is 2.63. The Morgan fingerprint density at radius 3 is 2.03 bits per heavy atom. The van der Waals surface area contributed by atoms with Gasteiger partial charge in [0.15, 0.2) is 5.70 Å². The molecule has 32 heavy (non-hydrogen) atoms. The van der Waals surface area contributed by atoms with Crippen LogP contribution in [0.3, 0.4) is 0 Å². The summed E-state index contributed by atoms with van der Waals surface area (Å²) in [5.41, 5.74) is 8.07. The van der Waals surface area contributed by atoms with Crippen molar-refractivity contribution in [2.45, 2.75) is 11.5 Å². The molecule has 2 N–H and O–H groups in total. The van der Waals surface area contributed by atoms with Crippen molar-refractivity contribution in [3.05, 3.63) is 82.6 Å². The molecule has 0 radical (unpaired) electrons. The number of benzene rings is 2. The third-order valence-corrected chi connectivity index (χ3v) is 6.27. The number of carbonyl (C=O) groups is 3. The lowest BCUT2D eigenvalue weighted by molar-refractivity contribution is -0.140. The fourth-order valence-corrected chi connectivity index (χ4v) is 5.09. The summed E-state index contributed by atoms with van der Waals surface area (Å²) >= 11 is 0. The molecule has 8 heteroatoms. The number of esters is 2. The lowest BCUT2D eigenvalue weighted by atomic mass is 9.67. The van der Waals surface area contributed by atoms with Gasteiger partial charge in [-0.3, -0.25) is 4.79 Å². The van der Waals surface area contributed by atoms with E-state index in [4.69, 9.17) is 15.2 Å². The van der Waals surface area contributed by atoms with Crippen LogP contribution in [0.2, 0.25) is 0 Å². The van der Waals surface area contributed by atoms with Crippen molar-refractivity contribution in [1.29, 1.82) is 0 Å². The van der Waals surface area contributed by atoms with Gasteiger partial charge in [-0.25, -0.2) is 14.6 Å². The predicted octanol–water partition coefficient (Wildman–Crippen LogP) is 1.65. The monoisotopic (exact) mass is 429 g/mol. The minimum atomic E-state index is -1.16. The number of hydrogen-bond acceptors (Lipinski definition) is 7. The summed E-state index contributed by atoms with van der Waals surface area (Å²) < 4.78 is 10.2. The summed E-state index contributed by atoms with van der Waals surface area (Å²) in [6, 6.07) is 14.6. The molecule has 0 fully saturated rings. The SMILES string of the molecule is COC(=O)C1=C(C(=O)OC)C2(c3ccccc3-c3ccccc32)C2C=C(C(N)=O)C=NN12. The Labute approximate surface area is 183 Å². The maximum Gasteiger partial charge on any atom is 0.356 e. The molecular formula is C24H19N3O5. The van der Waals surface area contributed by atoms with Crippen molar-refractivity contribution in [3.8, 4) is 11.1 Å². The Kier molecular flexibility index (Phi) is 4.27. The number of hydrazone groups is 1. The van der Waals surface area contributed by atoms with E-state index in [1.165, 1.54) is 25.4 Å². The molecule has 0 saturated heterocycles. The molecule has 2 aromatic carbocycles. The zero-order chi connectivity index (χ0) is 22.6. The summed E-state index contributed by atoms with van der Waals surface area (Å²) in [6.45, 7) is 0. The van der Waals surface area contributed by atoms with Crippen LogP contribution in [-0.2, 0) is 29.3 Å². The highest BCUT2D eigenvalue weighted by molar-refractivity contribution is 6.13. The first-order valence-corrected chi connectivity index (χ1v) is 9.92. The Bertz CT molecular complexity index is 1240. The number of carbonyl (C=O) groups excluding carboxylic acids is 3. The van der Waals surface area contributed by atoms with E-state index in [0.29, 0.717) is 0 Å². The topological polar surface area (TPSA) is 111 Å². The molecule has 2 aliphatic heterocycles. The van der Waals surface area contributed by atoms with E-state index in [1.54, 1.807) is 6.08 Å². The zero-order valence-electron chi connectivity index (χ0n) is 17.4. The molecule has 1 spiro atoms. The number of nitrogens with two attached hydrogens (primary N) is 1. The quantitative estimate of drug-likeness (QED) is 0.743. The highest BCUT2D eigenvalue weighted by Crippen LogP contribution is 2.60. The normalized spacial score (nSPS) is 19.2. The largest absolute Gasteiger partial charge is 0.466 e. The van der Waals surface area contributed by atoms with Gasteiger partial charge in [-0.1, -0.05) is 48.5 Å². The van der Waals surface area contributed by atoms with Crippen LogP contribution in [0.15, 0.2) is 76.6 Å². The van der Waals surface area contributed by atoms with Crippen LogP contribution in [0.1, 0.15) is 11.1 Å². The maximum atomic E-state index is 13.3. The average molecular weight is 429 g/mol. The lowest BCUT2D eigenvalue weighted by Gasteiger charge is -2.37. The Hall–Kier alpha value is -4.20. The van der Waals surface area contributed by atoms with Crippen molar-refractivity contribution in [1.82, 2.24) is 5.01 Å². The molecule has 1 unspecified atom stereocenters. The van der Waals surface area contributed by atoms with Crippen molar-refractivity contribution < 1.29 is 23.9 Å². The van der Waals surface area contributed by atoms with Crippen LogP contribution in [0.25, 0.3) is 11.1 Å². The Morgan fingerprint density at radius 2 is 1.50 bits per heavy atom. The molecular weight excluding hydrogens is 410 g/mol. The third-order valence-electron chi connectivity index (χ3n) is 6.27. The number of nitrogens with zero attached hydrogens (tertiary/aromatic N) is 2. The van der Waals surface area contributed by atoms with Crippen LogP contribution >= 0.6 is 0 Å². The lowest BCUT2D eigenvalue weighted by Crippen LogP contribution is -2.45. The molecule has 2 aromatic rings. The number of primary amides is 1. The second-order valence-corrected chi connectivity index (χ2v) is 7.63. The Balaban J connectivity index is 1.95. The smallest absolute Gasteiger partial charge is 0.356 e. The van der Waals surface area contributed by atoms with Gasteiger partial charge in [-0.2, -0.15) is 5.10 Å². The van der Waals surface area contributed by atoms with E-state index in [0.717, 1.165) is 22.3 Å². The summed E-state index contributed by atoms with van der Waals surface area (Å²) in [5, 5.41) is 5.77. The molecule has 160 valence electrons. The zero-order valence-corrected chi connectivity index (χ0v) is 17.4.